The summed E-state index contributed by atoms with van der Waals surface area (Å²) in [5, 5.41) is 6.87. The van der Waals surface area contributed by atoms with Crippen LogP contribution in [0.2, 0.25) is 0 Å². The highest BCUT2D eigenvalue weighted by atomic mass is 19.1. The van der Waals surface area contributed by atoms with E-state index in [9.17, 15) is 13.6 Å². The van der Waals surface area contributed by atoms with Gasteiger partial charge >= 0.3 is 0 Å². The number of nitrogens with zero attached hydrogens (tertiary/aromatic N) is 5. The van der Waals surface area contributed by atoms with Crippen molar-refractivity contribution in [3.63, 3.8) is 0 Å². The predicted molar refractivity (Wildman–Crippen MR) is 133 cm³/mol. The number of hydrogen-bond donors (Lipinski definition) is 2. The molecule has 1 saturated carbocycles. The molecule has 0 atom stereocenters. The van der Waals surface area contributed by atoms with Crippen molar-refractivity contribution in [1.29, 1.82) is 0 Å². The minimum absolute atomic E-state index is 0.0993. The Morgan fingerprint density at radius 3 is 2.70 bits per heavy atom. The van der Waals surface area contributed by atoms with Crippen LogP contribution in [0.4, 0.5) is 8.78 Å². The summed E-state index contributed by atoms with van der Waals surface area (Å²) in [6, 6.07) is 9.83. The lowest BCUT2D eigenvalue weighted by atomic mass is 10.1. The number of aromatic nitrogens is 6. The third kappa shape index (κ3) is 4.69. The van der Waals surface area contributed by atoms with E-state index in [0.29, 0.717) is 22.4 Å². The van der Waals surface area contributed by atoms with Gasteiger partial charge in [0.05, 0.1) is 11.9 Å². The van der Waals surface area contributed by atoms with Gasteiger partial charge in [-0.2, -0.15) is 5.10 Å². The molecule has 0 saturated heterocycles. The minimum atomic E-state index is -3.22. The molecule has 5 aromatic rings. The second-order valence-electron chi connectivity index (χ2n) is 8.20. The Kier molecular flexibility index (Phi) is 4.02. The molecule has 0 aliphatic heterocycles. The zero-order valence-corrected chi connectivity index (χ0v) is 19.0. The van der Waals surface area contributed by atoms with Gasteiger partial charge in [0.2, 0.25) is 0 Å². The number of nitrogens with one attached hydrogen (secondary N) is 2. The standard InChI is InChI=1S/C27H23F2N7O/c28-20-5-7-22(8-6-20)36-14-19(13-33-36)18-9-16(10-21(29)11-18)12-30-27(37)24-23-26(32-15-31-24)35-25(34-23)17-3-1-2-4-17/h5-11,13-15,17H,1-4,12H2,(H,30,37)(H,31,32,34,35)/i1D2,2D2,3D2,4D2. The van der Waals surface area contributed by atoms with Crippen molar-refractivity contribution in [3.05, 3.63) is 89.9 Å². The Bertz CT molecular complexity index is 1920. The highest BCUT2D eigenvalue weighted by Gasteiger charge is 2.23. The van der Waals surface area contributed by atoms with Crippen molar-refractivity contribution in [2.24, 2.45) is 0 Å². The van der Waals surface area contributed by atoms with Gasteiger partial charge in [0.25, 0.3) is 5.91 Å². The lowest BCUT2D eigenvalue weighted by molar-refractivity contribution is 0.0947. The summed E-state index contributed by atoms with van der Waals surface area (Å²) >= 11 is 0. The van der Waals surface area contributed by atoms with Gasteiger partial charge in [-0.25, -0.2) is 28.4 Å². The van der Waals surface area contributed by atoms with Crippen molar-refractivity contribution >= 4 is 17.1 Å². The van der Waals surface area contributed by atoms with Crippen molar-refractivity contribution in [3.8, 4) is 16.8 Å². The van der Waals surface area contributed by atoms with E-state index in [1.165, 1.54) is 35.1 Å². The average molecular weight is 508 g/mol. The molecule has 1 fully saturated rings. The number of carbonyl (C=O) groups is 1. The van der Waals surface area contributed by atoms with Crippen LogP contribution >= 0.6 is 0 Å². The quantitative estimate of drug-likeness (QED) is 0.334. The van der Waals surface area contributed by atoms with Crippen molar-refractivity contribution in [2.75, 3.05) is 0 Å². The van der Waals surface area contributed by atoms with Crippen LogP contribution in [0, 0.1) is 11.6 Å². The van der Waals surface area contributed by atoms with Crippen LogP contribution in [0.5, 0.6) is 0 Å². The number of amides is 1. The minimum Gasteiger partial charge on any atom is -0.347 e. The largest absolute Gasteiger partial charge is 0.347 e. The van der Waals surface area contributed by atoms with E-state index in [-0.39, 0.29) is 23.4 Å². The highest BCUT2D eigenvalue weighted by Crippen LogP contribution is 2.33. The molecule has 0 bridgehead atoms. The molecule has 1 aliphatic carbocycles. The van der Waals surface area contributed by atoms with Crippen LogP contribution in [-0.4, -0.2) is 35.6 Å². The fourth-order valence-electron chi connectivity index (χ4n) is 3.94. The van der Waals surface area contributed by atoms with E-state index in [2.05, 4.69) is 30.4 Å². The van der Waals surface area contributed by atoms with Crippen LogP contribution in [0.25, 0.3) is 28.0 Å². The number of aromatic amines is 1. The van der Waals surface area contributed by atoms with Crippen molar-refractivity contribution < 1.29 is 24.5 Å². The fourth-order valence-corrected chi connectivity index (χ4v) is 3.94. The van der Waals surface area contributed by atoms with E-state index in [4.69, 9.17) is 11.0 Å². The number of benzene rings is 2. The molecule has 3 heterocycles. The molecule has 1 amide bonds. The first kappa shape index (κ1) is 15.6. The number of rotatable bonds is 6. The Balaban J connectivity index is 1.25. The van der Waals surface area contributed by atoms with Gasteiger partial charge < -0.3 is 10.3 Å². The lowest BCUT2D eigenvalue weighted by Gasteiger charge is -2.08. The van der Waals surface area contributed by atoms with Crippen LogP contribution in [0.1, 0.15) is 64.3 Å². The van der Waals surface area contributed by atoms with Crippen LogP contribution in [0.15, 0.2) is 61.2 Å². The summed E-state index contributed by atoms with van der Waals surface area (Å²) < 4.78 is 94.8. The summed E-state index contributed by atoms with van der Waals surface area (Å²) in [6.45, 7) is -0.143. The highest BCUT2D eigenvalue weighted by molar-refractivity contribution is 6.02. The molecule has 6 rings (SSSR count). The number of carbonyl (C=O) groups excluding carboxylic acids is 1. The maximum Gasteiger partial charge on any atom is 0.272 e. The number of hydrogen-bond acceptors (Lipinski definition) is 5. The van der Waals surface area contributed by atoms with E-state index in [0.717, 1.165) is 6.33 Å². The third-order valence-corrected chi connectivity index (χ3v) is 5.71. The van der Waals surface area contributed by atoms with E-state index in [1.54, 1.807) is 24.4 Å². The maximum atomic E-state index is 14.6. The molecular formula is C27H23F2N7O. The Morgan fingerprint density at radius 2 is 1.89 bits per heavy atom. The van der Waals surface area contributed by atoms with E-state index in [1.807, 2.05) is 0 Å². The topological polar surface area (TPSA) is 101 Å². The molecule has 2 N–H and O–H groups in total. The van der Waals surface area contributed by atoms with Crippen LogP contribution < -0.4 is 5.32 Å². The predicted octanol–water partition coefficient (Wildman–Crippen LogP) is 5.07. The lowest BCUT2D eigenvalue weighted by Crippen LogP contribution is -2.24. The molecular weight excluding hydrogens is 476 g/mol. The molecule has 0 spiro atoms. The first-order valence-electron chi connectivity index (χ1n) is 15.1. The van der Waals surface area contributed by atoms with Gasteiger partial charge in [-0.3, -0.25) is 4.79 Å². The summed E-state index contributed by atoms with van der Waals surface area (Å²) in [5.41, 5.74) is 1.53. The van der Waals surface area contributed by atoms with Gasteiger partial charge in [0, 0.05) is 35.2 Å². The van der Waals surface area contributed by atoms with Gasteiger partial charge in [-0.05, 0) is 66.3 Å². The molecule has 186 valence electrons. The molecule has 8 nitrogen and oxygen atoms in total. The maximum absolute atomic E-state index is 14.6. The normalized spacial score (nSPS) is 22.5. The first-order chi connectivity index (χ1) is 21.0. The first-order valence-corrected chi connectivity index (χ1v) is 11.1. The molecule has 10 heteroatoms. The Hall–Kier alpha value is -4.47. The second-order valence-corrected chi connectivity index (χ2v) is 8.20. The number of H-pyrrole nitrogens is 1. The number of halogens is 2. The molecule has 0 radical (unpaired) electrons. The van der Waals surface area contributed by atoms with Gasteiger partial charge in [0.15, 0.2) is 11.3 Å². The molecule has 0 unspecified atom stereocenters. The average Bonchev–Trinajstić information content (AvgIpc) is 3.64. The zero-order valence-electron chi connectivity index (χ0n) is 27.0. The summed E-state index contributed by atoms with van der Waals surface area (Å²) in [6.07, 6.45) is -8.34. The Labute approximate surface area is 222 Å². The molecule has 2 aromatic carbocycles. The van der Waals surface area contributed by atoms with E-state index < -0.39 is 54.8 Å². The van der Waals surface area contributed by atoms with Gasteiger partial charge in [-0.1, -0.05) is 12.7 Å². The molecule has 3 aromatic heterocycles. The smallest absolute Gasteiger partial charge is 0.272 e. The number of imidazole rings is 1. The van der Waals surface area contributed by atoms with Crippen LogP contribution in [0.3, 0.4) is 0 Å². The third-order valence-electron chi connectivity index (χ3n) is 5.71. The van der Waals surface area contributed by atoms with Crippen molar-refractivity contribution in [2.45, 2.75) is 38.0 Å². The Morgan fingerprint density at radius 1 is 1.08 bits per heavy atom. The fraction of sp³-hybridized carbons (Fsp3) is 0.222. The summed E-state index contributed by atoms with van der Waals surface area (Å²) in [5.74, 6) is -4.18. The number of fused-ring (bicyclic) bond motifs is 1. The van der Waals surface area contributed by atoms with Gasteiger partial charge in [0.1, 0.15) is 29.3 Å². The molecule has 1 aliphatic rings. The van der Waals surface area contributed by atoms with E-state index >= 15 is 0 Å². The van der Waals surface area contributed by atoms with Crippen molar-refractivity contribution in [1.82, 2.24) is 35.0 Å². The SMILES string of the molecule is [2H]C1([2H])C(c2nc3ncnc(C(=O)NCc4cc(F)cc(-c5cnn(-c6ccc(F)cc6)c5)c4)c3[nH]2)C([2H])([2H])C([2H])([2H])C1([2H])[2H]. The van der Waals surface area contributed by atoms with Gasteiger partial charge in [-0.15, -0.1) is 0 Å². The monoisotopic (exact) mass is 507 g/mol. The second kappa shape index (κ2) is 9.53. The zero-order chi connectivity index (χ0) is 32.5. The summed E-state index contributed by atoms with van der Waals surface area (Å²) in [4.78, 5) is 27.8. The summed E-state index contributed by atoms with van der Waals surface area (Å²) in [7, 11) is 0. The van der Waals surface area contributed by atoms with Crippen LogP contribution in [-0.2, 0) is 6.54 Å². The molecule has 37 heavy (non-hydrogen) atoms.